The summed E-state index contributed by atoms with van der Waals surface area (Å²) >= 11 is 5.93. The molecule has 0 saturated heterocycles. The minimum Gasteiger partial charge on any atom is -0.311 e. The summed E-state index contributed by atoms with van der Waals surface area (Å²) in [7, 11) is 0. The van der Waals surface area contributed by atoms with Crippen molar-refractivity contribution in [3.63, 3.8) is 0 Å². The van der Waals surface area contributed by atoms with Crippen LogP contribution in [-0.4, -0.2) is 22.0 Å². The summed E-state index contributed by atoms with van der Waals surface area (Å²) in [5.41, 5.74) is 0.749. The number of fused-ring (bicyclic) bond motifs is 1. The Hall–Kier alpha value is -2.73. The number of hydrogen-bond donors (Lipinski definition) is 0. The molecule has 2 aromatic carbocycles. The SMILES string of the molecule is CCN(C(=O)Cn1cnc2ccc(Cl)cc2c1=O)c1ccc(F)cc1. The van der Waals surface area contributed by atoms with Crippen LogP contribution in [0.25, 0.3) is 10.9 Å². The highest BCUT2D eigenvalue weighted by Gasteiger charge is 2.16. The summed E-state index contributed by atoms with van der Waals surface area (Å²) < 4.78 is 14.3. The monoisotopic (exact) mass is 359 g/mol. The highest BCUT2D eigenvalue weighted by Crippen LogP contribution is 2.16. The Kier molecular flexibility index (Phi) is 4.81. The fourth-order valence-electron chi connectivity index (χ4n) is 2.60. The van der Waals surface area contributed by atoms with Gasteiger partial charge in [0.2, 0.25) is 5.91 Å². The van der Waals surface area contributed by atoms with Gasteiger partial charge in [-0.05, 0) is 49.4 Å². The number of benzene rings is 2. The molecule has 1 aromatic heterocycles. The zero-order valence-electron chi connectivity index (χ0n) is 13.4. The molecule has 0 atom stereocenters. The number of anilines is 1. The lowest BCUT2D eigenvalue weighted by molar-refractivity contribution is -0.119. The average Bonchev–Trinajstić information content (AvgIpc) is 2.60. The van der Waals surface area contributed by atoms with Gasteiger partial charge in [-0.3, -0.25) is 14.2 Å². The van der Waals surface area contributed by atoms with Crippen molar-refractivity contribution < 1.29 is 9.18 Å². The minimum atomic E-state index is -0.376. The van der Waals surface area contributed by atoms with Crippen molar-refractivity contribution in [3.8, 4) is 0 Å². The molecule has 7 heteroatoms. The lowest BCUT2D eigenvalue weighted by Gasteiger charge is -2.21. The van der Waals surface area contributed by atoms with Crippen molar-refractivity contribution in [2.75, 3.05) is 11.4 Å². The molecule has 0 bridgehead atoms. The molecular formula is C18H15ClFN3O2. The van der Waals surface area contributed by atoms with Crippen LogP contribution in [0.4, 0.5) is 10.1 Å². The lowest BCUT2D eigenvalue weighted by Crippen LogP contribution is -2.36. The fourth-order valence-corrected chi connectivity index (χ4v) is 2.77. The molecule has 1 amide bonds. The van der Waals surface area contributed by atoms with Crippen LogP contribution in [0, 0.1) is 5.82 Å². The van der Waals surface area contributed by atoms with Crippen LogP contribution in [-0.2, 0) is 11.3 Å². The average molecular weight is 360 g/mol. The van der Waals surface area contributed by atoms with E-state index in [1.165, 1.54) is 46.1 Å². The molecule has 0 radical (unpaired) electrons. The van der Waals surface area contributed by atoms with E-state index in [-0.39, 0.29) is 23.8 Å². The Morgan fingerprint density at radius 1 is 1.24 bits per heavy atom. The van der Waals surface area contributed by atoms with Crippen LogP contribution in [0.15, 0.2) is 53.6 Å². The second kappa shape index (κ2) is 7.03. The number of amides is 1. The van der Waals surface area contributed by atoms with E-state index in [0.29, 0.717) is 28.2 Å². The summed E-state index contributed by atoms with van der Waals surface area (Å²) in [5.74, 6) is -0.668. The lowest BCUT2D eigenvalue weighted by atomic mass is 10.2. The number of aromatic nitrogens is 2. The van der Waals surface area contributed by atoms with Gasteiger partial charge in [0.05, 0.1) is 17.2 Å². The van der Waals surface area contributed by atoms with E-state index in [9.17, 15) is 14.0 Å². The Morgan fingerprint density at radius 3 is 2.64 bits per heavy atom. The third kappa shape index (κ3) is 3.53. The Morgan fingerprint density at radius 2 is 1.96 bits per heavy atom. The first kappa shape index (κ1) is 17.1. The van der Waals surface area contributed by atoms with Gasteiger partial charge in [0.1, 0.15) is 12.4 Å². The second-order valence-electron chi connectivity index (χ2n) is 5.45. The normalized spacial score (nSPS) is 10.8. The molecule has 3 aromatic rings. The molecule has 0 fully saturated rings. The molecule has 0 aliphatic heterocycles. The van der Waals surface area contributed by atoms with Crippen LogP contribution in [0.1, 0.15) is 6.92 Å². The number of carbonyl (C=O) groups is 1. The maximum absolute atomic E-state index is 13.1. The van der Waals surface area contributed by atoms with Crippen molar-refractivity contribution in [2.24, 2.45) is 0 Å². The number of likely N-dealkylation sites (N-methyl/N-ethyl adjacent to an activating group) is 1. The van der Waals surface area contributed by atoms with E-state index in [4.69, 9.17) is 11.6 Å². The summed E-state index contributed by atoms with van der Waals surface area (Å²) in [6.45, 7) is 2.04. The molecule has 0 N–H and O–H groups in total. The summed E-state index contributed by atoms with van der Waals surface area (Å²) in [6.07, 6.45) is 1.34. The van der Waals surface area contributed by atoms with Crippen LogP contribution in [0.3, 0.4) is 0 Å². The molecule has 0 spiro atoms. The summed E-state index contributed by atoms with van der Waals surface area (Å²) in [4.78, 5) is 30.8. The molecule has 5 nitrogen and oxygen atoms in total. The van der Waals surface area contributed by atoms with Crippen molar-refractivity contribution in [3.05, 3.63) is 70.0 Å². The first-order valence-electron chi connectivity index (χ1n) is 7.70. The maximum Gasteiger partial charge on any atom is 0.261 e. The molecule has 0 unspecified atom stereocenters. The topological polar surface area (TPSA) is 55.2 Å². The number of hydrogen-bond acceptors (Lipinski definition) is 3. The first-order valence-corrected chi connectivity index (χ1v) is 8.08. The summed E-state index contributed by atoms with van der Waals surface area (Å²) in [5, 5.41) is 0.782. The van der Waals surface area contributed by atoms with E-state index in [2.05, 4.69) is 4.98 Å². The van der Waals surface area contributed by atoms with Crippen molar-refractivity contribution in [1.82, 2.24) is 9.55 Å². The predicted molar refractivity (Wildman–Crippen MR) is 95.4 cm³/mol. The van der Waals surface area contributed by atoms with E-state index >= 15 is 0 Å². The van der Waals surface area contributed by atoms with Crippen LogP contribution in [0.2, 0.25) is 5.02 Å². The first-order chi connectivity index (χ1) is 12.0. The Balaban J connectivity index is 1.91. The molecule has 3 rings (SSSR count). The largest absolute Gasteiger partial charge is 0.311 e. The van der Waals surface area contributed by atoms with Gasteiger partial charge >= 0.3 is 0 Å². The second-order valence-corrected chi connectivity index (χ2v) is 5.89. The third-order valence-electron chi connectivity index (χ3n) is 3.85. The molecule has 0 aliphatic rings. The van der Waals surface area contributed by atoms with Crippen LogP contribution >= 0.6 is 11.6 Å². The Bertz CT molecular complexity index is 986. The quantitative estimate of drug-likeness (QED) is 0.718. The van der Waals surface area contributed by atoms with Crippen LogP contribution < -0.4 is 10.5 Å². The molecule has 0 saturated carbocycles. The van der Waals surface area contributed by atoms with Gasteiger partial charge in [0.25, 0.3) is 5.56 Å². The predicted octanol–water partition coefficient (Wildman–Crippen LogP) is 3.24. The molecule has 1 heterocycles. The minimum absolute atomic E-state index is 0.167. The van der Waals surface area contributed by atoms with E-state index in [0.717, 1.165) is 0 Å². The Labute approximate surface area is 148 Å². The third-order valence-corrected chi connectivity index (χ3v) is 4.08. The zero-order chi connectivity index (χ0) is 18.0. The van der Waals surface area contributed by atoms with Gasteiger partial charge in [-0.1, -0.05) is 11.6 Å². The van der Waals surface area contributed by atoms with Crippen molar-refractivity contribution in [1.29, 1.82) is 0 Å². The standard InChI is InChI=1S/C18H15ClFN3O2/c1-2-23(14-6-4-13(20)5-7-14)17(24)10-22-11-21-16-8-3-12(19)9-15(16)18(22)25/h3-9,11H,2,10H2,1H3. The summed E-state index contributed by atoms with van der Waals surface area (Å²) in [6, 6.07) is 10.5. The molecule has 25 heavy (non-hydrogen) atoms. The van der Waals surface area contributed by atoms with Gasteiger partial charge in [-0.25, -0.2) is 9.37 Å². The van der Waals surface area contributed by atoms with Gasteiger partial charge < -0.3 is 4.90 Å². The van der Waals surface area contributed by atoms with Gasteiger partial charge in [0.15, 0.2) is 0 Å². The van der Waals surface area contributed by atoms with E-state index in [1.807, 2.05) is 6.92 Å². The van der Waals surface area contributed by atoms with E-state index < -0.39 is 0 Å². The molecule has 128 valence electrons. The van der Waals surface area contributed by atoms with Crippen molar-refractivity contribution >= 4 is 34.1 Å². The molecular weight excluding hydrogens is 345 g/mol. The maximum atomic E-state index is 13.1. The van der Waals surface area contributed by atoms with Gasteiger partial charge in [0, 0.05) is 17.3 Å². The van der Waals surface area contributed by atoms with Crippen molar-refractivity contribution in [2.45, 2.75) is 13.5 Å². The number of halogens is 2. The van der Waals surface area contributed by atoms with E-state index in [1.54, 1.807) is 12.1 Å². The fraction of sp³-hybridized carbons (Fsp3) is 0.167. The highest BCUT2D eigenvalue weighted by atomic mass is 35.5. The molecule has 0 aliphatic carbocycles. The number of carbonyl (C=O) groups excluding carboxylic acids is 1. The number of nitrogens with zero attached hydrogens (tertiary/aromatic N) is 3. The van der Waals surface area contributed by atoms with Crippen LogP contribution in [0.5, 0.6) is 0 Å². The number of rotatable bonds is 4. The smallest absolute Gasteiger partial charge is 0.261 e. The zero-order valence-corrected chi connectivity index (χ0v) is 14.2. The van der Waals surface area contributed by atoms with Gasteiger partial charge in [-0.15, -0.1) is 0 Å². The highest BCUT2D eigenvalue weighted by molar-refractivity contribution is 6.31. The van der Waals surface area contributed by atoms with Gasteiger partial charge in [-0.2, -0.15) is 0 Å².